The fraction of sp³-hybridized carbons (Fsp3) is 0.170. The summed E-state index contributed by atoms with van der Waals surface area (Å²) in [5.74, 6) is -1.22. The van der Waals surface area contributed by atoms with E-state index >= 15 is 0 Å². The van der Waals surface area contributed by atoms with Gasteiger partial charge < -0.3 is 39.8 Å². The second kappa shape index (κ2) is 20.6. The van der Waals surface area contributed by atoms with Crippen molar-refractivity contribution in [1.82, 2.24) is 10.6 Å². The minimum absolute atomic E-state index is 0.0385. The van der Waals surface area contributed by atoms with E-state index in [4.69, 9.17) is 18.9 Å². The Morgan fingerprint density at radius 1 is 0.448 bits per heavy atom. The van der Waals surface area contributed by atoms with Gasteiger partial charge in [-0.3, -0.25) is 4.79 Å². The highest BCUT2D eigenvalue weighted by molar-refractivity contribution is 5.90. The molecule has 11 heteroatoms. The van der Waals surface area contributed by atoms with Gasteiger partial charge in [0, 0.05) is 12.8 Å². The zero-order valence-electron chi connectivity index (χ0n) is 31.7. The lowest BCUT2D eigenvalue weighted by molar-refractivity contribution is -0.149. The highest BCUT2D eigenvalue weighted by Crippen LogP contribution is 2.30. The van der Waals surface area contributed by atoms with Gasteiger partial charge in [0.1, 0.15) is 38.5 Å². The number of phenols is 2. The standard InChI is InChI=1S/C47H44N2O9/c50-41-23-21-37(27-43(41)55-29-33-13-5-1-6-14-33)25-39(49-47(54)58-32-36-19-11-4-12-20-36)45(52)48-40(46(53)57-31-35-17-9-3-10-18-35)26-38-22-24-42(51)44(28-38)56-30-34-15-7-2-8-16-34/h1-24,27-28,39-40,50-51H,25-26,29-32H2,(H,48,52)(H,49,54)/t39-,40-/m0/s1. The molecule has 0 spiro atoms. The molecule has 0 bridgehead atoms. The third-order valence-electron chi connectivity index (χ3n) is 9.05. The zero-order chi connectivity index (χ0) is 40.5. The number of benzene rings is 6. The summed E-state index contributed by atoms with van der Waals surface area (Å²) in [6.07, 6.45) is -0.954. The minimum atomic E-state index is -1.25. The lowest BCUT2D eigenvalue weighted by atomic mass is 10.0. The quantitative estimate of drug-likeness (QED) is 0.0648. The van der Waals surface area contributed by atoms with Crippen molar-refractivity contribution < 1.29 is 43.5 Å². The van der Waals surface area contributed by atoms with E-state index in [0.717, 1.165) is 22.3 Å². The third kappa shape index (κ3) is 12.4. The van der Waals surface area contributed by atoms with Crippen LogP contribution < -0.4 is 20.1 Å². The van der Waals surface area contributed by atoms with Crippen LogP contribution in [0, 0.1) is 0 Å². The Labute approximate surface area is 336 Å². The molecule has 4 N–H and O–H groups in total. The van der Waals surface area contributed by atoms with Gasteiger partial charge >= 0.3 is 12.1 Å². The number of nitrogens with one attached hydrogen (secondary N) is 2. The van der Waals surface area contributed by atoms with E-state index in [1.54, 1.807) is 36.4 Å². The predicted molar refractivity (Wildman–Crippen MR) is 217 cm³/mol. The van der Waals surface area contributed by atoms with E-state index < -0.39 is 30.1 Å². The van der Waals surface area contributed by atoms with Crippen LogP contribution in [0.15, 0.2) is 158 Å². The number of aromatic hydroxyl groups is 2. The smallest absolute Gasteiger partial charge is 0.408 e. The second-order valence-electron chi connectivity index (χ2n) is 13.5. The van der Waals surface area contributed by atoms with E-state index in [1.165, 1.54) is 12.1 Å². The highest BCUT2D eigenvalue weighted by Gasteiger charge is 2.29. The maximum atomic E-state index is 14.2. The SMILES string of the molecule is O=C(N[C@@H](Cc1ccc(O)c(OCc2ccccc2)c1)C(=O)N[C@@H](Cc1ccc(O)c(OCc2ccccc2)c1)C(=O)OCc1ccccc1)OCc1ccccc1. The fourth-order valence-corrected chi connectivity index (χ4v) is 5.96. The Balaban J connectivity index is 1.22. The molecule has 0 heterocycles. The number of hydrogen-bond donors (Lipinski definition) is 4. The van der Waals surface area contributed by atoms with Crippen molar-refractivity contribution in [1.29, 1.82) is 0 Å². The minimum Gasteiger partial charge on any atom is -0.504 e. The molecule has 2 amide bonds. The first-order chi connectivity index (χ1) is 28.3. The van der Waals surface area contributed by atoms with Gasteiger partial charge in [-0.15, -0.1) is 0 Å². The second-order valence-corrected chi connectivity index (χ2v) is 13.5. The molecule has 6 aromatic carbocycles. The molecule has 11 nitrogen and oxygen atoms in total. The van der Waals surface area contributed by atoms with Crippen LogP contribution in [0.25, 0.3) is 0 Å². The van der Waals surface area contributed by atoms with Crippen LogP contribution in [0.3, 0.4) is 0 Å². The number of carbonyl (C=O) groups excluding carboxylic acids is 3. The summed E-state index contributed by atoms with van der Waals surface area (Å²) in [6.45, 7) is 0.303. The molecule has 0 saturated carbocycles. The Morgan fingerprint density at radius 2 is 0.845 bits per heavy atom. The molecule has 6 rings (SSSR count). The van der Waals surface area contributed by atoms with Gasteiger partial charge in [-0.25, -0.2) is 9.59 Å². The Hall–Kier alpha value is -7.27. The van der Waals surface area contributed by atoms with Gasteiger partial charge in [-0.2, -0.15) is 0 Å². The first-order valence-electron chi connectivity index (χ1n) is 18.7. The molecular weight excluding hydrogens is 737 g/mol. The van der Waals surface area contributed by atoms with E-state index in [2.05, 4.69) is 10.6 Å². The number of carbonyl (C=O) groups is 3. The van der Waals surface area contributed by atoms with E-state index in [9.17, 15) is 24.6 Å². The summed E-state index contributed by atoms with van der Waals surface area (Å²) in [5, 5.41) is 26.6. The van der Waals surface area contributed by atoms with Gasteiger partial charge in [0.15, 0.2) is 23.0 Å². The van der Waals surface area contributed by atoms with Crippen LogP contribution in [0.2, 0.25) is 0 Å². The van der Waals surface area contributed by atoms with Gasteiger partial charge in [-0.05, 0) is 57.6 Å². The summed E-state index contributed by atoms with van der Waals surface area (Å²) in [4.78, 5) is 41.2. The maximum Gasteiger partial charge on any atom is 0.408 e. The number of esters is 1. The number of alkyl carbamates (subject to hydrolysis) is 1. The van der Waals surface area contributed by atoms with Crippen LogP contribution in [0.5, 0.6) is 23.0 Å². The summed E-state index contributed by atoms with van der Waals surface area (Å²) < 4.78 is 23.0. The first-order valence-corrected chi connectivity index (χ1v) is 18.7. The topological polar surface area (TPSA) is 153 Å². The predicted octanol–water partition coefficient (Wildman–Crippen LogP) is 7.56. The van der Waals surface area contributed by atoms with Crippen LogP contribution >= 0.6 is 0 Å². The first kappa shape index (κ1) is 40.4. The zero-order valence-corrected chi connectivity index (χ0v) is 31.7. The van der Waals surface area contributed by atoms with Crippen molar-refractivity contribution in [3.8, 4) is 23.0 Å². The maximum absolute atomic E-state index is 14.2. The fourth-order valence-electron chi connectivity index (χ4n) is 5.96. The molecule has 0 aliphatic carbocycles. The number of rotatable bonds is 18. The van der Waals surface area contributed by atoms with Crippen molar-refractivity contribution in [3.05, 3.63) is 191 Å². The van der Waals surface area contributed by atoms with E-state index in [-0.39, 0.29) is 62.3 Å². The molecule has 0 fully saturated rings. The largest absolute Gasteiger partial charge is 0.504 e. The molecule has 58 heavy (non-hydrogen) atoms. The number of phenolic OH excluding ortho intramolecular Hbond substituents is 2. The van der Waals surface area contributed by atoms with Crippen molar-refractivity contribution in [2.75, 3.05) is 0 Å². The molecule has 0 aliphatic rings. The van der Waals surface area contributed by atoms with Crippen molar-refractivity contribution >= 4 is 18.0 Å². The molecule has 0 aliphatic heterocycles. The molecular formula is C47H44N2O9. The number of ether oxygens (including phenoxy) is 4. The van der Waals surface area contributed by atoms with Gasteiger partial charge in [0.25, 0.3) is 0 Å². The molecule has 0 saturated heterocycles. The van der Waals surface area contributed by atoms with Crippen molar-refractivity contribution in [3.63, 3.8) is 0 Å². The molecule has 2 atom stereocenters. The van der Waals surface area contributed by atoms with Crippen LogP contribution in [-0.2, 0) is 58.3 Å². The summed E-state index contributed by atoms with van der Waals surface area (Å²) >= 11 is 0. The molecule has 0 unspecified atom stereocenters. The Bertz CT molecular complexity index is 2240. The van der Waals surface area contributed by atoms with Gasteiger partial charge in [0.05, 0.1) is 0 Å². The monoisotopic (exact) mass is 780 g/mol. The lowest BCUT2D eigenvalue weighted by Crippen LogP contribution is -2.53. The lowest BCUT2D eigenvalue weighted by Gasteiger charge is -2.23. The van der Waals surface area contributed by atoms with E-state index in [1.807, 2.05) is 109 Å². The third-order valence-corrected chi connectivity index (χ3v) is 9.05. The molecule has 0 aromatic heterocycles. The van der Waals surface area contributed by atoms with Crippen LogP contribution in [-0.4, -0.2) is 40.3 Å². The normalized spacial score (nSPS) is 11.7. The van der Waals surface area contributed by atoms with Crippen molar-refractivity contribution in [2.24, 2.45) is 0 Å². The molecule has 0 radical (unpaired) electrons. The summed E-state index contributed by atoms with van der Waals surface area (Å²) in [5.41, 5.74) is 4.40. The average molecular weight is 781 g/mol. The van der Waals surface area contributed by atoms with E-state index in [0.29, 0.717) is 11.1 Å². The van der Waals surface area contributed by atoms with Gasteiger partial charge in [0.2, 0.25) is 5.91 Å². The number of hydrogen-bond acceptors (Lipinski definition) is 9. The van der Waals surface area contributed by atoms with Crippen LogP contribution in [0.1, 0.15) is 33.4 Å². The van der Waals surface area contributed by atoms with Crippen LogP contribution in [0.4, 0.5) is 4.79 Å². The molecule has 6 aromatic rings. The van der Waals surface area contributed by atoms with Gasteiger partial charge in [-0.1, -0.05) is 133 Å². The Kier molecular flexibility index (Phi) is 14.3. The van der Waals surface area contributed by atoms with Crippen molar-refractivity contribution in [2.45, 2.75) is 51.4 Å². The highest BCUT2D eigenvalue weighted by atomic mass is 16.5. The summed E-state index contributed by atoms with van der Waals surface area (Å²) in [7, 11) is 0. The average Bonchev–Trinajstić information content (AvgIpc) is 3.26. The molecule has 296 valence electrons. The number of amides is 2. The Morgan fingerprint density at radius 3 is 1.29 bits per heavy atom. The summed E-state index contributed by atoms with van der Waals surface area (Å²) in [6, 6.07) is 44.0.